The van der Waals surface area contributed by atoms with Gasteiger partial charge in [0.1, 0.15) is 6.33 Å². The van der Waals surface area contributed by atoms with Gasteiger partial charge in [0.25, 0.3) is 5.91 Å². The molecule has 0 aliphatic heterocycles. The molecule has 3 aromatic heterocycles. The third-order valence-electron chi connectivity index (χ3n) is 2.40. The molecule has 100 valence electrons. The first-order valence-corrected chi connectivity index (χ1v) is 6.41. The highest BCUT2D eigenvalue weighted by Crippen LogP contribution is 2.15. The van der Waals surface area contributed by atoms with Gasteiger partial charge in [-0.05, 0) is 40.2 Å². The number of nitrogens with zero attached hydrogens (tertiary/aromatic N) is 4. The molecular weight excluding hydrogens is 326 g/mol. The van der Waals surface area contributed by atoms with E-state index in [1.807, 2.05) is 6.07 Å². The van der Waals surface area contributed by atoms with Crippen LogP contribution in [0, 0.1) is 0 Å². The molecule has 0 aliphatic rings. The van der Waals surface area contributed by atoms with E-state index >= 15 is 0 Å². The van der Waals surface area contributed by atoms with Crippen molar-refractivity contribution in [3.63, 3.8) is 0 Å². The van der Waals surface area contributed by atoms with E-state index in [9.17, 15) is 4.79 Å². The lowest BCUT2D eigenvalue weighted by atomic mass is 10.4. The van der Waals surface area contributed by atoms with Gasteiger partial charge >= 0.3 is 0 Å². The van der Waals surface area contributed by atoms with Crippen LogP contribution in [0.5, 0.6) is 0 Å². The highest BCUT2D eigenvalue weighted by molar-refractivity contribution is 9.10. The van der Waals surface area contributed by atoms with Crippen LogP contribution < -0.4 is 5.32 Å². The Labute approximate surface area is 121 Å². The maximum absolute atomic E-state index is 11.8. The first kappa shape index (κ1) is 12.5. The predicted octanol–water partition coefficient (Wildman–Crippen LogP) is 2.27. The second-order valence-electron chi connectivity index (χ2n) is 3.76. The maximum Gasteiger partial charge on any atom is 0.293 e. The van der Waals surface area contributed by atoms with Gasteiger partial charge in [0.05, 0.1) is 0 Å². The maximum atomic E-state index is 11.8. The topological polar surface area (TPSA) is 85.8 Å². The number of halogens is 1. The Kier molecular flexibility index (Phi) is 3.30. The van der Waals surface area contributed by atoms with E-state index in [4.69, 9.17) is 4.42 Å². The monoisotopic (exact) mass is 333 g/mol. The van der Waals surface area contributed by atoms with Gasteiger partial charge in [0.15, 0.2) is 16.2 Å². The molecule has 0 saturated carbocycles. The molecule has 0 atom stereocenters. The van der Waals surface area contributed by atoms with Gasteiger partial charge in [-0.3, -0.25) is 10.1 Å². The zero-order valence-corrected chi connectivity index (χ0v) is 11.6. The zero-order chi connectivity index (χ0) is 13.9. The van der Waals surface area contributed by atoms with E-state index in [0.717, 1.165) is 0 Å². The van der Waals surface area contributed by atoms with Gasteiger partial charge in [0, 0.05) is 6.20 Å². The largest absolute Gasteiger partial charge is 0.444 e. The second kappa shape index (κ2) is 5.25. The second-order valence-corrected chi connectivity index (χ2v) is 4.54. The van der Waals surface area contributed by atoms with Crippen molar-refractivity contribution < 1.29 is 9.21 Å². The van der Waals surface area contributed by atoms with E-state index in [2.05, 4.69) is 36.3 Å². The molecule has 8 heteroatoms. The van der Waals surface area contributed by atoms with Crippen molar-refractivity contribution in [2.45, 2.75) is 0 Å². The van der Waals surface area contributed by atoms with Crippen LogP contribution in [0.25, 0.3) is 5.82 Å². The van der Waals surface area contributed by atoms with E-state index in [1.54, 1.807) is 30.5 Å². The van der Waals surface area contributed by atoms with Gasteiger partial charge in [-0.25, -0.2) is 9.67 Å². The standard InChI is InChI=1S/C12H8BrN5O2/c13-9-5-4-8(20-9)11(19)16-12-15-7-18(17-12)10-3-1-2-6-14-10/h1-7H,(H,16,17,19). The van der Waals surface area contributed by atoms with Gasteiger partial charge in [-0.1, -0.05) is 6.07 Å². The number of nitrogens with one attached hydrogen (secondary N) is 1. The highest BCUT2D eigenvalue weighted by atomic mass is 79.9. The highest BCUT2D eigenvalue weighted by Gasteiger charge is 2.13. The third-order valence-corrected chi connectivity index (χ3v) is 2.82. The Balaban J connectivity index is 1.76. The molecule has 0 spiro atoms. The first-order valence-electron chi connectivity index (χ1n) is 5.62. The molecule has 0 fully saturated rings. The lowest BCUT2D eigenvalue weighted by Gasteiger charge is -1.98. The molecule has 7 nitrogen and oxygen atoms in total. The van der Waals surface area contributed by atoms with E-state index in [-0.39, 0.29) is 11.7 Å². The number of anilines is 1. The van der Waals surface area contributed by atoms with Crippen molar-refractivity contribution in [2.75, 3.05) is 5.32 Å². The van der Waals surface area contributed by atoms with Crippen molar-refractivity contribution >= 4 is 27.8 Å². The van der Waals surface area contributed by atoms with E-state index in [1.165, 1.54) is 11.0 Å². The zero-order valence-electron chi connectivity index (χ0n) is 10.0. The Bertz CT molecular complexity index is 737. The first-order chi connectivity index (χ1) is 9.72. The molecule has 3 rings (SSSR count). The smallest absolute Gasteiger partial charge is 0.293 e. The quantitative estimate of drug-likeness (QED) is 0.794. The number of pyridine rings is 1. The average molecular weight is 334 g/mol. The Morgan fingerprint density at radius 1 is 1.25 bits per heavy atom. The lowest BCUT2D eigenvalue weighted by Crippen LogP contribution is -2.12. The molecule has 0 radical (unpaired) electrons. The van der Waals surface area contributed by atoms with Crippen LogP contribution >= 0.6 is 15.9 Å². The summed E-state index contributed by atoms with van der Waals surface area (Å²) in [6.07, 6.45) is 3.12. The minimum atomic E-state index is -0.422. The summed E-state index contributed by atoms with van der Waals surface area (Å²) in [4.78, 5) is 20.0. The Morgan fingerprint density at radius 2 is 2.15 bits per heavy atom. The SMILES string of the molecule is O=C(Nc1ncn(-c2ccccn2)n1)c1ccc(Br)o1. The van der Waals surface area contributed by atoms with Crippen LogP contribution in [0.3, 0.4) is 0 Å². The molecule has 3 heterocycles. The van der Waals surface area contributed by atoms with Crippen molar-refractivity contribution in [2.24, 2.45) is 0 Å². The summed E-state index contributed by atoms with van der Waals surface area (Å²) in [7, 11) is 0. The van der Waals surface area contributed by atoms with Gasteiger partial charge in [-0.15, -0.1) is 5.10 Å². The fourth-order valence-electron chi connectivity index (χ4n) is 1.52. The van der Waals surface area contributed by atoms with Crippen molar-refractivity contribution in [3.05, 3.63) is 53.3 Å². The van der Waals surface area contributed by atoms with Crippen molar-refractivity contribution in [1.29, 1.82) is 0 Å². The molecule has 0 saturated heterocycles. The van der Waals surface area contributed by atoms with Crippen molar-refractivity contribution in [3.8, 4) is 5.82 Å². The molecule has 0 aliphatic carbocycles. The summed E-state index contributed by atoms with van der Waals surface area (Å²) in [5.74, 6) is 0.537. The number of amides is 1. The normalized spacial score (nSPS) is 10.4. The summed E-state index contributed by atoms with van der Waals surface area (Å²) in [5, 5.41) is 6.65. The number of rotatable bonds is 3. The fourth-order valence-corrected chi connectivity index (χ4v) is 1.83. The number of furan rings is 1. The predicted molar refractivity (Wildman–Crippen MR) is 73.5 cm³/mol. The van der Waals surface area contributed by atoms with Gasteiger partial charge in [0.2, 0.25) is 5.95 Å². The Hall–Kier alpha value is -2.48. The number of aromatic nitrogens is 4. The van der Waals surface area contributed by atoms with Crippen molar-refractivity contribution in [1.82, 2.24) is 19.7 Å². The van der Waals surface area contributed by atoms with Crippen LogP contribution in [0.4, 0.5) is 5.95 Å². The molecule has 1 amide bonds. The van der Waals surface area contributed by atoms with Crippen LogP contribution in [0.2, 0.25) is 0 Å². The summed E-state index contributed by atoms with van der Waals surface area (Å²) in [5.41, 5.74) is 0. The summed E-state index contributed by atoms with van der Waals surface area (Å²) >= 11 is 3.13. The molecule has 20 heavy (non-hydrogen) atoms. The number of carbonyl (C=O) groups is 1. The third kappa shape index (κ3) is 2.59. The molecular formula is C12H8BrN5O2. The van der Waals surface area contributed by atoms with Crippen LogP contribution in [-0.4, -0.2) is 25.7 Å². The van der Waals surface area contributed by atoms with E-state index in [0.29, 0.717) is 10.5 Å². The summed E-state index contributed by atoms with van der Waals surface area (Å²) < 4.78 is 7.09. The fraction of sp³-hybridized carbons (Fsp3) is 0. The lowest BCUT2D eigenvalue weighted by molar-refractivity contribution is 0.0994. The van der Waals surface area contributed by atoms with Crippen LogP contribution in [-0.2, 0) is 0 Å². The summed E-state index contributed by atoms with van der Waals surface area (Å²) in [6.45, 7) is 0. The number of carbonyl (C=O) groups excluding carboxylic acids is 1. The Morgan fingerprint density at radius 3 is 2.85 bits per heavy atom. The molecule has 0 aromatic carbocycles. The minimum Gasteiger partial charge on any atom is -0.444 e. The van der Waals surface area contributed by atoms with E-state index < -0.39 is 5.91 Å². The number of hydrogen-bond donors (Lipinski definition) is 1. The minimum absolute atomic E-state index is 0.172. The van der Waals surface area contributed by atoms with Crippen LogP contribution in [0.15, 0.2) is 51.9 Å². The molecule has 0 unspecified atom stereocenters. The average Bonchev–Trinajstić information content (AvgIpc) is 3.09. The molecule has 1 N–H and O–H groups in total. The summed E-state index contributed by atoms with van der Waals surface area (Å²) in [6, 6.07) is 8.61. The van der Waals surface area contributed by atoms with Gasteiger partial charge < -0.3 is 4.42 Å². The molecule has 3 aromatic rings. The molecule has 0 bridgehead atoms. The number of hydrogen-bond acceptors (Lipinski definition) is 5. The van der Waals surface area contributed by atoms with Gasteiger partial charge in [-0.2, -0.15) is 4.98 Å². The van der Waals surface area contributed by atoms with Crippen LogP contribution in [0.1, 0.15) is 10.6 Å².